The summed E-state index contributed by atoms with van der Waals surface area (Å²) in [7, 11) is 0. The Kier molecular flexibility index (Phi) is 2.93. The molecular weight excluding hydrogens is 270 g/mol. The lowest BCUT2D eigenvalue weighted by Crippen LogP contribution is -2.46. The number of hydrogen-bond donors (Lipinski definition) is 0. The molecule has 0 unspecified atom stereocenters. The van der Waals surface area contributed by atoms with Gasteiger partial charge >= 0.3 is 0 Å². The average molecular weight is 289 g/mol. The second-order valence-electron chi connectivity index (χ2n) is 5.90. The third-order valence-corrected chi connectivity index (χ3v) is 5.40. The van der Waals surface area contributed by atoms with Gasteiger partial charge in [0.1, 0.15) is 17.0 Å². The molecule has 20 heavy (non-hydrogen) atoms. The van der Waals surface area contributed by atoms with Crippen molar-refractivity contribution >= 4 is 27.4 Å². The maximum Gasteiger partial charge on any atom is 0.141 e. The van der Waals surface area contributed by atoms with Crippen LogP contribution in [-0.2, 0) is 17.6 Å². The maximum absolute atomic E-state index is 5.84. The van der Waals surface area contributed by atoms with E-state index in [0.717, 1.165) is 23.7 Å². The van der Waals surface area contributed by atoms with Gasteiger partial charge in [0, 0.05) is 18.0 Å². The molecule has 1 fully saturated rings. The first-order valence-corrected chi connectivity index (χ1v) is 8.19. The molecule has 3 heterocycles. The molecule has 0 radical (unpaired) electrons. The molecule has 4 rings (SSSR count). The molecule has 1 saturated heterocycles. The topological polar surface area (TPSA) is 38.2 Å². The molecule has 106 valence electrons. The first-order valence-electron chi connectivity index (χ1n) is 7.38. The van der Waals surface area contributed by atoms with Crippen molar-refractivity contribution in [3.8, 4) is 0 Å². The number of ether oxygens (including phenoxy) is 1. The summed E-state index contributed by atoms with van der Waals surface area (Å²) in [5, 5.41) is 1.31. The number of hydrogen-bond acceptors (Lipinski definition) is 5. The summed E-state index contributed by atoms with van der Waals surface area (Å²) in [6, 6.07) is 0. The lowest BCUT2D eigenvalue weighted by atomic mass is 10.1. The molecule has 5 heteroatoms. The van der Waals surface area contributed by atoms with E-state index in [9.17, 15) is 0 Å². The van der Waals surface area contributed by atoms with E-state index in [-0.39, 0.29) is 12.2 Å². The van der Waals surface area contributed by atoms with Crippen LogP contribution < -0.4 is 4.90 Å². The molecule has 4 nitrogen and oxygen atoms in total. The number of nitrogens with zero attached hydrogens (tertiary/aromatic N) is 3. The third kappa shape index (κ3) is 1.91. The minimum absolute atomic E-state index is 0.260. The van der Waals surface area contributed by atoms with Gasteiger partial charge in [0.2, 0.25) is 0 Å². The third-order valence-electron chi connectivity index (χ3n) is 4.20. The molecule has 0 aromatic carbocycles. The van der Waals surface area contributed by atoms with Gasteiger partial charge in [0.05, 0.1) is 17.6 Å². The van der Waals surface area contributed by atoms with Crippen molar-refractivity contribution in [3.63, 3.8) is 0 Å². The van der Waals surface area contributed by atoms with Crippen LogP contribution in [0.2, 0.25) is 0 Å². The average Bonchev–Trinajstić information content (AvgIpc) is 2.96. The van der Waals surface area contributed by atoms with E-state index in [1.807, 2.05) is 11.3 Å². The number of morpholine rings is 1. The van der Waals surface area contributed by atoms with Gasteiger partial charge in [0.25, 0.3) is 0 Å². The van der Waals surface area contributed by atoms with Crippen LogP contribution in [0.15, 0.2) is 6.33 Å². The van der Waals surface area contributed by atoms with Crippen LogP contribution in [0.25, 0.3) is 10.2 Å². The Morgan fingerprint density at radius 2 is 2.00 bits per heavy atom. The molecule has 0 spiro atoms. The highest BCUT2D eigenvalue weighted by atomic mass is 32.1. The van der Waals surface area contributed by atoms with Gasteiger partial charge < -0.3 is 9.64 Å². The molecular formula is C15H19N3OS. The second-order valence-corrected chi connectivity index (χ2v) is 6.98. The summed E-state index contributed by atoms with van der Waals surface area (Å²) in [5.74, 6) is 1.12. The molecule has 2 aliphatic rings. The number of thiophene rings is 1. The van der Waals surface area contributed by atoms with Crippen LogP contribution in [0, 0.1) is 0 Å². The summed E-state index contributed by atoms with van der Waals surface area (Å²) in [5.41, 5.74) is 1.51. The Balaban J connectivity index is 1.83. The maximum atomic E-state index is 5.84. The zero-order valence-electron chi connectivity index (χ0n) is 11.9. The van der Waals surface area contributed by atoms with E-state index in [0.29, 0.717) is 0 Å². The Bertz CT molecular complexity index is 644. The van der Waals surface area contributed by atoms with Crippen molar-refractivity contribution < 1.29 is 4.74 Å². The van der Waals surface area contributed by atoms with Gasteiger partial charge in [-0.2, -0.15) is 0 Å². The highest BCUT2D eigenvalue weighted by molar-refractivity contribution is 7.19. The van der Waals surface area contributed by atoms with E-state index >= 15 is 0 Å². The van der Waals surface area contributed by atoms with Crippen LogP contribution in [0.5, 0.6) is 0 Å². The Morgan fingerprint density at radius 3 is 2.80 bits per heavy atom. The fourth-order valence-electron chi connectivity index (χ4n) is 3.50. The van der Waals surface area contributed by atoms with Crippen LogP contribution in [0.4, 0.5) is 5.82 Å². The predicted molar refractivity (Wildman–Crippen MR) is 81.7 cm³/mol. The fraction of sp³-hybridized carbons (Fsp3) is 0.600. The van der Waals surface area contributed by atoms with Crippen molar-refractivity contribution in [3.05, 3.63) is 16.8 Å². The van der Waals surface area contributed by atoms with E-state index in [1.54, 1.807) is 6.33 Å². The van der Waals surface area contributed by atoms with Crippen molar-refractivity contribution in [2.75, 3.05) is 18.0 Å². The highest BCUT2D eigenvalue weighted by Crippen LogP contribution is 2.40. The van der Waals surface area contributed by atoms with Crippen molar-refractivity contribution in [1.82, 2.24) is 9.97 Å². The second kappa shape index (κ2) is 4.67. The number of rotatable bonds is 1. The van der Waals surface area contributed by atoms with Gasteiger partial charge in [-0.15, -0.1) is 11.3 Å². The molecule has 1 aliphatic carbocycles. The Labute approximate surface area is 122 Å². The number of fused-ring (bicyclic) bond motifs is 3. The minimum atomic E-state index is 0.260. The van der Waals surface area contributed by atoms with Crippen LogP contribution in [-0.4, -0.2) is 35.3 Å². The summed E-state index contributed by atoms with van der Waals surface area (Å²) in [6.45, 7) is 6.11. The summed E-state index contributed by atoms with van der Waals surface area (Å²) >= 11 is 1.86. The summed E-state index contributed by atoms with van der Waals surface area (Å²) in [4.78, 5) is 14.2. The standard InChI is InChI=1S/C15H19N3OS/c1-9-6-18(7-10(2)19-9)14-13-11-4-3-5-12(11)20-15(13)17-8-16-14/h8-10H,3-7H2,1-2H3/t9-,10+. The molecule has 1 aliphatic heterocycles. The summed E-state index contributed by atoms with van der Waals surface area (Å²) in [6.07, 6.45) is 5.91. The zero-order chi connectivity index (χ0) is 13.7. The number of aromatic nitrogens is 2. The fourth-order valence-corrected chi connectivity index (χ4v) is 4.73. The van der Waals surface area contributed by atoms with Gasteiger partial charge in [-0.1, -0.05) is 0 Å². The monoisotopic (exact) mass is 289 g/mol. The van der Waals surface area contributed by atoms with E-state index in [2.05, 4.69) is 28.7 Å². The molecule has 0 N–H and O–H groups in total. The highest BCUT2D eigenvalue weighted by Gasteiger charge is 2.28. The van der Waals surface area contributed by atoms with E-state index in [1.165, 1.54) is 35.1 Å². The van der Waals surface area contributed by atoms with Gasteiger partial charge in [-0.05, 0) is 38.7 Å². The summed E-state index contributed by atoms with van der Waals surface area (Å²) < 4.78 is 5.84. The normalized spacial score (nSPS) is 26.2. The number of aryl methyl sites for hydroxylation is 2. The molecule has 0 saturated carbocycles. The minimum Gasteiger partial charge on any atom is -0.372 e. The van der Waals surface area contributed by atoms with E-state index in [4.69, 9.17) is 4.74 Å². The van der Waals surface area contributed by atoms with Gasteiger partial charge in [0.15, 0.2) is 0 Å². The van der Waals surface area contributed by atoms with Crippen molar-refractivity contribution in [2.24, 2.45) is 0 Å². The molecule has 2 aromatic heterocycles. The lowest BCUT2D eigenvalue weighted by molar-refractivity contribution is -0.00537. The zero-order valence-corrected chi connectivity index (χ0v) is 12.7. The smallest absolute Gasteiger partial charge is 0.141 e. The molecule has 2 atom stereocenters. The van der Waals surface area contributed by atoms with Crippen molar-refractivity contribution in [2.45, 2.75) is 45.3 Å². The van der Waals surface area contributed by atoms with Crippen LogP contribution in [0.3, 0.4) is 0 Å². The SMILES string of the molecule is C[C@@H]1CN(c2ncnc3sc4c(c23)CCC4)C[C@H](C)O1. The van der Waals surface area contributed by atoms with Crippen LogP contribution >= 0.6 is 11.3 Å². The first-order chi connectivity index (χ1) is 9.72. The van der Waals surface area contributed by atoms with Crippen molar-refractivity contribution in [1.29, 1.82) is 0 Å². The molecule has 0 bridgehead atoms. The quantitative estimate of drug-likeness (QED) is 0.809. The Hall–Kier alpha value is -1.20. The largest absolute Gasteiger partial charge is 0.372 e. The predicted octanol–water partition coefficient (Wildman–Crippen LogP) is 2.79. The van der Waals surface area contributed by atoms with Crippen LogP contribution in [0.1, 0.15) is 30.7 Å². The Morgan fingerprint density at radius 1 is 1.20 bits per heavy atom. The number of anilines is 1. The molecule has 2 aromatic rings. The first kappa shape index (κ1) is 12.5. The van der Waals surface area contributed by atoms with E-state index < -0.39 is 0 Å². The lowest BCUT2D eigenvalue weighted by Gasteiger charge is -2.36. The van der Waals surface area contributed by atoms with Gasteiger partial charge in [-0.3, -0.25) is 0 Å². The molecule has 0 amide bonds. The van der Waals surface area contributed by atoms with Gasteiger partial charge in [-0.25, -0.2) is 9.97 Å².